The van der Waals surface area contributed by atoms with E-state index in [1.165, 1.54) is 12.1 Å². The van der Waals surface area contributed by atoms with Crippen LogP contribution in [-0.2, 0) is 16.4 Å². The number of benzene rings is 2. The van der Waals surface area contributed by atoms with Gasteiger partial charge in [0.25, 0.3) is 0 Å². The summed E-state index contributed by atoms with van der Waals surface area (Å²) in [5.74, 6) is 0.144. The molecule has 3 rings (SSSR count). The average Bonchev–Trinajstić information content (AvgIpc) is 3.03. The molecule has 5 nitrogen and oxygen atoms in total. The first-order valence-electron chi connectivity index (χ1n) is 8.39. The Balaban J connectivity index is 1.57. The Morgan fingerprint density at radius 3 is 2.69 bits per heavy atom. The average molecular weight is 377 g/mol. The van der Waals surface area contributed by atoms with E-state index in [0.29, 0.717) is 19.4 Å². The maximum atomic E-state index is 13.8. The van der Waals surface area contributed by atoms with E-state index >= 15 is 0 Å². The van der Waals surface area contributed by atoms with Gasteiger partial charge >= 0.3 is 0 Å². The van der Waals surface area contributed by atoms with Crippen LogP contribution in [0.1, 0.15) is 19.1 Å². The minimum atomic E-state index is -3.77. The van der Waals surface area contributed by atoms with Gasteiger partial charge in [-0.05, 0) is 43.7 Å². The van der Waals surface area contributed by atoms with Crippen LogP contribution in [-0.4, -0.2) is 21.6 Å². The van der Waals surface area contributed by atoms with Gasteiger partial charge in [0, 0.05) is 18.4 Å². The van der Waals surface area contributed by atoms with Crippen molar-refractivity contribution in [2.45, 2.75) is 24.7 Å². The van der Waals surface area contributed by atoms with Crippen molar-refractivity contribution in [3.05, 3.63) is 60.1 Å². The Kier molecular flexibility index (Phi) is 5.58. The van der Waals surface area contributed by atoms with E-state index in [4.69, 9.17) is 9.15 Å². The lowest BCUT2D eigenvalue weighted by atomic mass is 10.2. The number of hydrogen-bond acceptors (Lipinski definition) is 4. The molecule has 138 valence electrons. The molecule has 1 N–H and O–H groups in total. The monoisotopic (exact) mass is 377 g/mol. The molecule has 0 atom stereocenters. The van der Waals surface area contributed by atoms with Crippen LogP contribution in [0.25, 0.3) is 11.0 Å². The summed E-state index contributed by atoms with van der Waals surface area (Å²) in [6, 6.07) is 13.3. The molecule has 2 aromatic carbocycles. The summed E-state index contributed by atoms with van der Waals surface area (Å²) in [6.07, 6.45) is 1.17. The largest absolute Gasteiger partial charge is 0.491 e. The molecule has 7 heteroatoms. The Morgan fingerprint density at radius 1 is 1.15 bits per heavy atom. The van der Waals surface area contributed by atoms with Gasteiger partial charge in [0.15, 0.2) is 11.6 Å². The fraction of sp³-hybridized carbons (Fsp3) is 0.263. The van der Waals surface area contributed by atoms with Crippen molar-refractivity contribution >= 4 is 21.0 Å². The van der Waals surface area contributed by atoms with Crippen molar-refractivity contribution in [2.24, 2.45) is 0 Å². The molecule has 0 fully saturated rings. The van der Waals surface area contributed by atoms with Crippen LogP contribution in [0.15, 0.2) is 57.8 Å². The molecule has 26 heavy (non-hydrogen) atoms. The SMILES string of the molecule is CCOc1ccc(S(=O)(=O)NCCCc2cc3ccccc3o2)cc1F. The molecule has 0 aliphatic heterocycles. The first kappa shape index (κ1) is 18.4. The Morgan fingerprint density at radius 2 is 1.96 bits per heavy atom. The van der Waals surface area contributed by atoms with Gasteiger partial charge in [0.1, 0.15) is 11.3 Å². The number of hydrogen-bond donors (Lipinski definition) is 1. The zero-order chi connectivity index (χ0) is 18.6. The normalized spacial score (nSPS) is 11.8. The summed E-state index contributed by atoms with van der Waals surface area (Å²) in [5, 5.41) is 1.02. The van der Waals surface area contributed by atoms with Crippen LogP contribution < -0.4 is 9.46 Å². The molecule has 0 saturated carbocycles. The molecule has 0 aliphatic rings. The number of fused-ring (bicyclic) bond motifs is 1. The van der Waals surface area contributed by atoms with Gasteiger partial charge in [0.2, 0.25) is 10.0 Å². The predicted octanol–water partition coefficient (Wildman–Crippen LogP) is 3.88. The minimum Gasteiger partial charge on any atom is -0.491 e. The lowest BCUT2D eigenvalue weighted by molar-refractivity contribution is 0.321. The van der Waals surface area contributed by atoms with E-state index < -0.39 is 15.8 Å². The fourth-order valence-corrected chi connectivity index (χ4v) is 3.72. The highest BCUT2D eigenvalue weighted by Crippen LogP contribution is 2.22. The molecule has 3 aromatic rings. The van der Waals surface area contributed by atoms with Crippen LogP contribution in [0.5, 0.6) is 5.75 Å². The molecule has 0 spiro atoms. The molecule has 0 radical (unpaired) electrons. The summed E-state index contributed by atoms with van der Waals surface area (Å²) >= 11 is 0. The zero-order valence-electron chi connectivity index (χ0n) is 14.4. The second-order valence-corrected chi connectivity index (χ2v) is 7.54. The number of sulfonamides is 1. The summed E-state index contributed by atoms with van der Waals surface area (Å²) in [4.78, 5) is -0.123. The number of aryl methyl sites for hydroxylation is 1. The fourth-order valence-electron chi connectivity index (χ4n) is 2.63. The van der Waals surface area contributed by atoms with E-state index in [0.717, 1.165) is 22.8 Å². The summed E-state index contributed by atoms with van der Waals surface area (Å²) < 4.78 is 51.6. The number of ether oxygens (including phenoxy) is 1. The molecule has 1 heterocycles. The van der Waals surface area contributed by atoms with Gasteiger partial charge < -0.3 is 9.15 Å². The van der Waals surface area contributed by atoms with Gasteiger partial charge in [-0.1, -0.05) is 18.2 Å². The maximum Gasteiger partial charge on any atom is 0.240 e. The third-order valence-electron chi connectivity index (χ3n) is 3.88. The Labute approximate surface area is 151 Å². The Hall–Kier alpha value is -2.38. The van der Waals surface area contributed by atoms with Crippen molar-refractivity contribution < 1.29 is 22.0 Å². The third kappa shape index (κ3) is 4.23. The number of nitrogens with one attached hydrogen (secondary N) is 1. The highest BCUT2D eigenvalue weighted by molar-refractivity contribution is 7.89. The van der Waals surface area contributed by atoms with E-state index in [1.807, 2.05) is 30.3 Å². The second kappa shape index (κ2) is 7.88. The lowest BCUT2D eigenvalue weighted by Crippen LogP contribution is -2.25. The van der Waals surface area contributed by atoms with E-state index in [2.05, 4.69) is 4.72 Å². The standard InChI is InChI=1S/C19H20FNO4S/c1-2-24-19-10-9-16(13-17(19)20)26(22,23)21-11-5-7-15-12-14-6-3-4-8-18(14)25-15/h3-4,6,8-10,12-13,21H,2,5,7,11H2,1H3. The molecule has 1 aromatic heterocycles. The van der Waals surface area contributed by atoms with Crippen molar-refractivity contribution in [1.82, 2.24) is 4.72 Å². The van der Waals surface area contributed by atoms with E-state index in [-0.39, 0.29) is 17.2 Å². The predicted molar refractivity (Wildman–Crippen MR) is 97.3 cm³/mol. The lowest BCUT2D eigenvalue weighted by Gasteiger charge is -2.09. The molecule has 0 unspecified atom stereocenters. The van der Waals surface area contributed by atoms with Crippen LogP contribution in [0, 0.1) is 5.82 Å². The zero-order valence-corrected chi connectivity index (χ0v) is 15.2. The second-order valence-electron chi connectivity index (χ2n) is 5.78. The van der Waals surface area contributed by atoms with Crippen LogP contribution in [0.2, 0.25) is 0 Å². The van der Waals surface area contributed by atoms with Crippen molar-refractivity contribution in [3.8, 4) is 5.75 Å². The summed E-state index contributed by atoms with van der Waals surface area (Å²) in [6.45, 7) is 2.27. The molecule has 0 saturated heterocycles. The molecular weight excluding hydrogens is 357 g/mol. The summed E-state index contributed by atoms with van der Waals surface area (Å²) in [7, 11) is -3.77. The first-order valence-corrected chi connectivity index (χ1v) is 9.87. The van der Waals surface area contributed by atoms with Gasteiger partial charge in [-0.2, -0.15) is 0 Å². The van der Waals surface area contributed by atoms with Crippen LogP contribution in [0.4, 0.5) is 4.39 Å². The van der Waals surface area contributed by atoms with Gasteiger partial charge in [-0.15, -0.1) is 0 Å². The smallest absolute Gasteiger partial charge is 0.240 e. The van der Waals surface area contributed by atoms with Gasteiger partial charge in [0.05, 0.1) is 11.5 Å². The molecule has 0 aliphatic carbocycles. The van der Waals surface area contributed by atoms with E-state index in [9.17, 15) is 12.8 Å². The Bertz CT molecular complexity index is 965. The molecular formula is C19H20FNO4S. The van der Waals surface area contributed by atoms with Gasteiger partial charge in [-0.25, -0.2) is 17.5 Å². The third-order valence-corrected chi connectivity index (χ3v) is 5.34. The highest BCUT2D eigenvalue weighted by atomic mass is 32.2. The topological polar surface area (TPSA) is 68.5 Å². The van der Waals surface area contributed by atoms with Crippen molar-refractivity contribution in [2.75, 3.05) is 13.2 Å². The number of furan rings is 1. The molecule has 0 amide bonds. The number of rotatable bonds is 8. The quantitative estimate of drug-likeness (QED) is 0.605. The summed E-state index contributed by atoms with van der Waals surface area (Å²) in [5.41, 5.74) is 0.813. The maximum absolute atomic E-state index is 13.8. The number of halogens is 1. The van der Waals surface area contributed by atoms with Crippen molar-refractivity contribution in [3.63, 3.8) is 0 Å². The first-order chi connectivity index (χ1) is 12.5. The molecule has 0 bridgehead atoms. The van der Waals surface area contributed by atoms with Gasteiger partial charge in [-0.3, -0.25) is 0 Å². The van der Waals surface area contributed by atoms with Crippen molar-refractivity contribution in [1.29, 1.82) is 0 Å². The van der Waals surface area contributed by atoms with Crippen LogP contribution in [0.3, 0.4) is 0 Å². The van der Waals surface area contributed by atoms with Crippen LogP contribution >= 0.6 is 0 Å². The highest BCUT2D eigenvalue weighted by Gasteiger charge is 2.16. The number of para-hydroxylation sites is 1. The van der Waals surface area contributed by atoms with E-state index in [1.54, 1.807) is 6.92 Å². The minimum absolute atomic E-state index is 0.0383.